The minimum absolute atomic E-state index is 0.317. The van der Waals surface area contributed by atoms with Crippen molar-refractivity contribution in [1.29, 1.82) is 15.8 Å². The number of nitrogens with zero attached hydrogens (tertiary/aromatic N) is 3. The monoisotopic (exact) mass is 751 g/mol. The van der Waals surface area contributed by atoms with Crippen LogP contribution in [0.2, 0.25) is 0 Å². The number of benzene rings is 6. The molecule has 1 aliphatic heterocycles. The standard InChI is InChI=1S/C43H32B3N3O8/c47-23-30-3-1-29(2-4-30)19-33-9-16-41(34(20-33)26-50)44-55-45(42-17-14-39(21-35(42)27-51)53-37-10-5-31(24-48)6-11-37)57-46(56-44)43-18-15-40(22-36(43)28-52)54-38-12-7-32(25-49)8-13-38/h1-18,20-22,50-52H,19,26-28H2. The Balaban J connectivity index is 1.21. The maximum absolute atomic E-state index is 10.6. The third kappa shape index (κ3) is 9.08. The lowest BCUT2D eigenvalue weighted by atomic mass is 9.59. The fraction of sp³-hybridized carbons (Fsp3) is 0.0930. The van der Waals surface area contributed by atoms with Crippen molar-refractivity contribution < 1.29 is 38.5 Å². The van der Waals surface area contributed by atoms with Gasteiger partial charge in [-0.05, 0) is 136 Å². The zero-order chi connectivity index (χ0) is 39.7. The molecule has 7 rings (SSSR count). The quantitative estimate of drug-likeness (QED) is 0.150. The summed E-state index contributed by atoms with van der Waals surface area (Å²) in [4.78, 5) is 0. The third-order valence-corrected chi connectivity index (χ3v) is 9.38. The molecule has 1 saturated heterocycles. The van der Waals surface area contributed by atoms with Gasteiger partial charge in [0.2, 0.25) is 0 Å². The van der Waals surface area contributed by atoms with Crippen LogP contribution < -0.4 is 25.9 Å². The zero-order valence-corrected chi connectivity index (χ0v) is 30.4. The molecule has 0 spiro atoms. The van der Waals surface area contributed by atoms with Crippen LogP contribution in [0.5, 0.6) is 23.0 Å². The van der Waals surface area contributed by atoms with Crippen LogP contribution in [-0.4, -0.2) is 36.7 Å². The van der Waals surface area contributed by atoms with E-state index >= 15 is 0 Å². The lowest BCUT2D eigenvalue weighted by Crippen LogP contribution is -2.62. The lowest BCUT2D eigenvalue weighted by Gasteiger charge is -2.33. The topological polar surface area (TPSA) is 178 Å². The molecule has 0 aliphatic carbocycles. The molecule has 1 aliphatic rings. The average Bonchev–Trinajstić information content (AvgIpc) is 3.26. The van der Waals surface area contributed by atoms with Gasteiger partial charge in [0.15, 0.2) is 0 Å². The van der Waals surface area contributed by atoms with Gasteiger partial charge in [0.05, 0.1) is 54.7 Å². The molecule has 57 heavy (non-hydrogen) atoms. The zero-order valence-electron chi connectivity index (χ0n) is 30.4. The average molecular weight is 751 g/mol. The first-order valence-corrected chi connectivity index (χ1v) is 17.9. The highest BCUT2D eigenvalue weighted by Crippen LogP contribution is 2.26. The van der Waals surface area contributed by atoms with Crippen molar-refractivity contribution in [1.82, 2.24) is 0 Å². The van der Waals surface area contributed by atoms with Crippen LogP contribution in [0.1, 0.15) is 44.5 Å². The van der Waals surface area contributed by atoms with E-state index in [1.807, 2.05) is 30.3 Å². The van der Waals surface area contributed by atoms with Gasteiger partial charge in [0.25, 0.3) is 0 Å². The number of hydrogen-bond acceptors (Lipinski definition) is 11. The van der Waals surface area contributed by atoms with Crippen LogP contribution >= 0.6 is 0 Å². The van der Waals surface area contributed by atoms with Crippen LogP contribution in [0.25, 0.3) is 0 Å². The molecule has 0 unspecified atom stereocenters. The van der Waals surface area contributed by atoms with E-state index in [-0.39, 0.29) is 19.8 Å². The SMILES string of the molecule is N#Cc1ccc(Cc2ccc(B3OB(c4ccc(Oc5ccc(C#N)cc5)cc4CO)OB(c4ccc(Oc5ccc(C#N)cc5)cc4CO)O3)c(CO)c2)cc1. The first-order chi connectivity index (χ1) is 27.9. The Bertz CT molecular complexity index is 2220. The molecule has 0 bridgehead atoms. The van der Waals surface area contributed by atoms with Crippen molar-refractivity contribution in [2.75, 3.05) is 0 Å². The number of rotatable bonds is 12. The molecule has 0 radical (unpaired) electrons. The van der Waals surface area contributed by atoms with Gasteiger partial charge in [-0.3, -0.25) is 0 Å². The van der Waals surface area contributed by atoms with Gasteiger partial charge in [-0.25, -0.2) is 0 Å². The van der Waals surface area contributed by atoms with E-state index < -0.39 is 21.4 Å². The lowest BCUT2D eigenvalue weighted by molar-refractivity contribution is 0.276. The van der Waals surface area contributed by atoms with E-state index in [0.29, 0.717) is 79.2 Å². The second kappa shape index (κ2) is 17.9. The van der Waals surface area contributed by atoms with Crippen LogP contribution in [-0.2, 0) is 40.0 Å². The molecule has 11 nitrogen and oxygen atoms in total. The number of aliphatic hydroxyl groups is 3. The van der Waals surface area contributed by atoms with Gasteiger partial charge in [0, 0.05) is 0 Å². The number of aliphatic hydroxyl groups excluding tert-OH is 3. The predicted octanol–water partition coefficient (Wildman–Crippen LogP) is 4.50. The summed E-state index contributed by atoms with van der Waals surface area (Å²) in [5, 5.41) is 59.2. The van der Waals surface area contributed by atoms with Crippen molar-refractivity contribution in [3.8, 4) is 41.2 Å². The predicted molar refractivity (Wildman–Crippen MR) is 213 cm³/mol. The number of ether oxygens (including phenoxy) is 2. The largest absolute Gasteiger partial charge is 0.467 e. The van der Waals surface area contributed by atoms with Crippen molar-refractivity contribution in [3.05, 3.63) is 172 Å². The van der Waals surface area contributed by atoms with Gasteiger partial charge >= 0.3 is 21.4 Å². The van der Waals surface area contributed by atoms with Crippen molar-refractivity contribution >= 4 is 37.7 Å². The highest BCUT2D eigenvalue weighted by atomic mass is 16.7. The summed E-state index contributed by atoms with van der Waals surface area (Å²) >= 11 is 0. The summed E-state index contributed by atoms with van der Waals surface area (Å²) in [6.07, 6.45) is 0.563. The van der Waals surface area contributed by atoms with Crippen molar-refractivity contribution in [2.45, 2.75) is 26.2 Å². The van der Waals surface area contributed by atoms with Gasteiger partial charge in [-0.15, -0.1) is 0 Å². The normalized spacial score (nSPS) is 12.4. The number of nitriles is 3. The third-order valence-electron chi connectivity index (χ3n) is 9.38. The molecule has 1 heterocycles. The summed E-state index contributed by atoms with van der Waals surface area (Å²) in [6.45, 7) is -1.08. The Morgan fingerprint density at radius 1 is 0.421 bits per heavy atom. The Labute approximate surface area is 330 Å². The molecule has 276 valence electrons. The molecule has 1 fully saturated rings. The molecule has 0 atom stereocenters. The Morgan fingerprint density at radius 2 is 0.754 bits per heavy atom. The Morgan fingerprint density at radius 3 is 1.14 bits per heavy atom. The first kappa shape index (κ1) is 38.6. The molecular formula is C43H32B3N3O8. The highest BCUT2D eigenvalue weighted by molar-refractivity contribution is 6.87. The minimum atomic E-state index is -1.09. The van der Waals surface area contributed by atoms with E-state index in [9.17, 15) is 20.6 Å². The van der Waals surface area contributed by atoms with Crippen molar-refractivity contribution in [3.63, 3.8) is 0 Å². The first-order valence-electron chi connectivity index (χ1n) is 17.9. The van der Waals surface area contributed by atoms with E-state index in [4.69, 9.17) is 33.7 Å². The van der Waals surface area contributed by atoms with Crippen LogP contribution in [0.3, 0.4) is 0 Å². The van der Waals surface area contributed by atoms with Gasteiger partial charge < -0.3 is 38.5 Å². The van der Waals surface area contributed by atoms with Gasteiger partial charge in [-0.2, -0.15) is 15.8 Å². The van der Waals surface area contributed by atoms with Crippen LogP contribution in [0.4, 0.5) is 0 Å². The molecule has 14 heteroatoms. The number of hydrogen-bond donors (Lipinski definition) is 3. The maximum Gasteiger partial charge on any atom is 0.467 e. The minimum Gasteiger partial charge on any atom is -0.457 e. The van der Waals surface area contributed by atoms with Crippen LogP contribution in [0, 0.1) is 34.0 Å². The van der Waals surface area contributed by atoms with E-state index in [0.717, 1.165) is 11.1 Å². The molecule has 0 aromatic heterocycles. The Hall–Kier alpha value is -6.66. The van der Waals surface area contributed by atoms with E-state index in [2.05, 4.69) is 18.2 Å². The summed E-state index contributed by atoms with van der Waals surface area (Å²) in [6, 6.07) is 42.7. The second-order valence-corrected chi connectivity index (χ2v) is 13.1. The van der Waals surface area contributed by atoms with E-state index in [1.54, 1.807) is 97.1 Å². The highest BCUT2D eigenvalue weighted by Gasteiger charge is 2.45. The maximum atomic E-state index is 10.6. The summed E-state index contributed by atoms with van der Waals surface area (Å²) in [5.74, 6) is 1.89. The second-order valence-electron chi connectivity index (χ2n) is 13.1. The van der Waals surface area contributed by atoms with Crippen LogP contribution in [0.15, 0.2) is 127 Å². The fourth-order valence-corrected chi connectivity index (χ4v) is 6.43. The molecular weight excluding hydrogens is 719 g/mol. The van der Waals surface area contributed by atoms with Gasteiger partial charge in [-0.1, -0.05) is 42.5 Å². The Kier molecular flexibility index (Phi) is 12.1. The molecule has 3 N–H and O–H groups in total. The summed E-state index contributed by atoms with van der Waals surface area (Å²) < 4.78 is 31.4. The van der Waals surface area contributed by atoms with Crippen molar-refractivity contribution in [2.24, 2.45) is 0 Å². The summed E-state index contributed by atoms with van der Waals surface area (Å²) in [5.41, 5.74) is 6.50. The molecule has 6 aromatic rings. The van der Waals surface area contributed by atoms with Gasteiger partial charge in [0.1, 0.15) is 23.0 Å². The van der Waals surface area contributed by atoms with E-state index in [1.165, 1.54) is 0 Å². The summed E-state index contributed by atoms with van der Waals surface area (Å²) in [7, 11) is -3.25. The smallest absolute Gasteiger partial charge is 0.457 e. The molecule has 6 aromatic carbocycles. The molecule has 0 saturated carbocycles. The molecule has 0 amide bonds. The fourth-order valence-electron chi connectivity index (χ4n) is 6.43.